The zero-order valence-electron chi connectivity index (χ0n) is 14.8. The van der Waals surface area contributed by atoms with Gasteiger partial charge in [0.15, 0.2) is 9.84 Å². The molecule has 0 bridgehead atoms. The van der Waals surface area contributed by atoms with Crippen molar-refractivity contribution in [3.8, 4) is 0 Å². The third-order valence-corrected chi connectivity index (χ3v) is 5.90. The lowest BCUT2D eigenvalue weighted by Gasteiger charge is -2.37. The number of anilines is 2. The molecule has 1 fully saturated rings. The van der Waals surface area contributed by atoms with Crippen LogP contribution < -0.4 is 9.80 Å². The van der Waals surface area contributed by atoms with Gasteiger partial charge in [0.1, 0.15) is 18.0 Å². The van der Waals surface area contributed by atoms with Crippen LogP contribution in [-0.2, 0) is 9.84 Å². The number of fused-ring (bicyclic) bond motifs is 1. The number of rotatable bonds is 3. The minimum atomic E-state index is -3.30. The molecule has 27 heavy (non-hydrogen) atoms. The lowest BCUT2D eigenvalue weighted by Crippen LogP contribution is -2.46. The summed E-state index contributed by atoms with van der Waals surface area (Å²) in [5, 5.41) is 0.732. The number of benzene rings is 2. The summed E-state index contributed by atoms with van der Waals surface area (Å²) >= 11 is 0. The van der Waals surface area contributed by atoms with Crippen LogP contribution in [0, 0.1) is 5.82 Å². The number of nitrogens with zero attached hydrogens (tertiary/aromatic N) is 4. The van der Waals surface area contributed by atoms with Gasteiger partial charge in [0.05, 0.1) is 10.4 Å². The standard InChI is InChI=1S/C19H19FN4O2S/c1-27(25,26)16-6-7-18-17(12-16)19(22-13-21-18)24-10-8-23(9-11-24)15-4-2-14(20)3-5-15/h2-7,12-13H,8-11H2,1H3. The van der Waals surface area contributed by atoms with E-state index >= 15 is 0 Å². The minimum Gasteiger partial charge on any atom is -0.368 e. The van der Waals surface area contributed by atoms with Crippen molar-refractivity contribution in [1.29, 1.82) is 0 Å². The maximum absolute atomic E-state index is 13.1. The van der Waals surface area contributed by atoms with Crippen molar-refractivity contribution < 1.29 is 12.8 Å². The number of piperazine rings is 1. The molecule has 2 aromatic carbocycles. The molecule has 140 valence electrons. The normalized spacial score (nSPS) is 15.3. The molecule has 0 unspecified atom stereocenters. The molecule has 0 aliphatic carbocycles. The van der Waals surface area contributed by atoms with Crippen LogP contribution in [0.5, 0.6) is 0 Å². The SMILES string of the molecule is CS(=O)(=O)c1ccc2ncnc(N3CCN(c4ccc(F)cc4)CC3)c2c1. The molecule has 2 heterocycles. The maximum Gasteiger partial charge on any atom is 0.175 e. The first-order valence-electron chi connectivity index (χ1n) is 8.62. The fourth-order valence-electron chi connectivity index (χ4n) is 3.33. The van der Waals surface area contributed by atoms with Gasteiger partial charge >= 0.3 is 0 Å². The van der Waals surface area contributed by atoms with Gasteiger partial charge in [-0.25, -0.2) is 22.8 Å². The molecule has 0 spiro atoms. The summed E-state index contributed by atoms with van der Waals surface area (Å²) in [4.78, 5) is 13.3. The van der Waals surface area contributed by atoms with E-state index in [-0.39, 0.29) is 10.7 Å². The Bertz CT molecular complexity index is 1080. The number of hydrogen-bond acceptors (Lipinski definition) is 6. The lowest BCUT2D eigenvalue weighted by molar-refractivity contribution is 0.602. The van der Waals surface area contributed by atoms with Gasteiger partial charge in [-0.05, 0) is 42.5 Å². The van der Waals surface area contributed by atoms with E-state index in [1.165, 1.54) is 24.7 Å². The molecule has 3 aromatic rings. The summed E-state index contributed by atoms with van der Waals surface area (Å²) in [6.07, 6.45) is 2.70. The highest BCUT2D eigenvalue weighted by molar-refractivity contribution is 7.90. The molecule has 0 atom stereocenters. The van der Waals surface area contributed by atoms with Gasteiger partial charge in [-0.1, -0.05) is 0 Å². The van der Waals surface area contributed by atoms with Crippen LogP contribution in [0.3, 0.4) is 0 Å². The molecule has 0 amide bonds. The molecule has 6 nitrogen and oxygen atoms in total. The van der Waals surface area contributed by atoms with Crippen molar-refractivity contribution >= 4 is 32.2 Å². The topological polar surface area (TPSA) is 66.4 Å². The predicted octanol–water partition coefficient (Wildman–Crippen LogP) is 2.50. The van der Waals surface area contributed by atoms with E-state index in [4.69, 9.17) is 0 Å². The monoisotopic (exact) mass is 386 g/mol. The Kier molecular flexibility index (Phi) is 4.43. The highest BCUT2D eigenvalue weighted by Crippen LogP contribution is 2.27. The quantitative estimate of drug-likeness (QED) is 0.689. The Morgan fingerprint density at radius 2 is 1.59 bits per heavy atom. The van der Waals surface area contributed by atoms with Crippen LogP contribution in [0.1, 0.15) is 0 Å². The van der Waals surface area contributed by atoms with Crippen molar-refractivity contribution in [2.45, 2.75) is 4.90 Å². The predicted molar refractivity (Wildman–Crippen MR) is 103 cm³/mol. The Hall–Kier alpha value is -2.74. The van der Waals surface area contributed by atoms with Crippen molar-refractivity contribution in [1.82, 2.24) is 9.97 Å². The van der Waals surface area contributed by atoms with Crippen molar-refractivity contribution in [3.63, 3.8) is 0 Å². The largest absolute Gasteiger partial charge is 0.368 e. The summed E-state index contributed by atoms with van der Waals surface area (Å²) < 4.78 is 36.9. The molecular formula is C19H19FN4O2S. The highest BCUT2D eigenvalue weighted by atomic mass is 32.2. The molecule has 1 saturated heterocycles. The third-order valence-electron chi connectivity index (χ3n) is 4.78. The zero-order chi connectivity index (χ0) is 19.0. The van der Waals surface area contributed by atoms with Crippen LogP contribution in [-0.4, -0.2) is 50.8 Å². The van der Waals surface area contributed by atoms with Crippen LogP contribution in [0.15, 0.2) is 53.7 Å². The van der Waals surface area contributed by atoms with Gasteiger partial charge < -0.3 is 9.80 Å². The fourth-order valence-corrected chi connectivity index (χ4v) is 3.98. The highest BCUT2D eigenvalue weighted by Gasteiger charge is 2.21. The third kappa shape index (κ3) is 3.57. The number of sulfone groups is 1. The Labute approximate surface area is 157 Å². The average Bonchev–Trinajstić information content (AvgIpc) is 2.67. The number of aromatic nitrogens is 2. The number of halogens is 1. The molecule has 8 heteroatoms. The maximum atomic E-state index is 13.1. The van der Waals surface area contributed by atoms with Crippen LogP contribution in [0.4, 0.5) is 15.9 Å². The number of hydrogen-bond donors (Lipinski definition) is 0. The van der Waals surface area contributed by atoms with Crippen molar-refractivity contribution in [2.24, 2.45) is 0 Å². The van der Waals surface area contributed by atoms with Gasteiger partial charge in [-0.3, -0.25) is 0 Å². The second-order valence-electron chi connectivity index (χ2n) is 6.60. The van der Waals surface area contributed by atoms with Crippen LogP contribution >= 0.6 is 0 Å². The van der Waals surface area contributed by atoms with Gasteiger partial charge in [0.25, 0.3) is 0 Å². The van der Waals surface area contributed by atoms with Crippen molar-refractivity contribution in [2.75, 3.05) is 42.2 Å². The van der Waals surface area contributed by atoms with Crippen molar-refractivity contribution in [3.05, 3.63) is 54.6 Å². The fraction of sp³-hybridized carbons (Fsp3) is 0.263. The van der Waals surface area contributed by atoms with E-state index in [0.717, 1.165) is 43.1 Å². The van der Waals surface area contributed by atoms with E-state index in [9.17, 15) is 12.8 Å². The molecular weight excluding hydrogens is 367 g/mol. The van der Waals surface area contributed by atoms with E-state index in [1.807, 2.05) is 0 Å². The minimum absolute atomic E-state index is 0.244. The molecule has 0 radical (unpaired) electrons. The van der Waals surface area contributed by atoms with Gasteiger partial charge in [-0.15, -0.1) is 0 Å². The molecule has 0 N–H and O–H groups in total. The van der Waals surface area contributed by atoms with E-state index in [2.05, 4.69) is 19.8 Å². The lowest BCUT2D eigenvalue weighted by atomic mass is 10.2. The Morgan fingerprint density at radius 3 is 2.26 bits per heavy atom. The van der Waals surface area contributed by atoms with Gasteiger partial charge in [-0.2, -0.15) is 0 Å². The first-order valence-corrected chi connectivity index (χ1v) is 10.5. The van der Waals surface area contributed by atoms with E-state index < -0.39 is 9.84 Å². The smallest absolute Gasteiger partial charge is 0.175 e. The first kappa shape index (κ1) is 17.7. The summed E-state index contributed by atoms with van der Waals surface area (Å²) in [6.45, 7) is 2.99. The van der Waals surface area contributed by atoms with Gasteiger partial charge in [0, 0.05) is 43.5 Å². The summed E-state index contributed by atoms with van der Waals surface area (Å²) in [6, 6.07) is 11.4. The van der Waals surface area contributed by atoms with Crippen LogP contribution in [0.2, 0.25) is 0 Å². The average molecular weight is 386 g/mol. The van der Waals surface area contributed by atoms with E-state index in [1.54, 1.807) is 30.3 Å². The summed E-state index contributed by atoms with van der Waals surface area (Å²) in [5.41, 5.74) is 1.70. The Balaban J connectivity index is 1.61. The summed E-state index contributed by atoms with van der Waals surface area (Å²) in [7, 11) is -3.30. The first-order chi connectivity index (χ1) is 12.9. The van der Waals surface area contributed by atoms with Gasteiger partial charge in [0.2, 0.25) is 0 Å². The zero-order valence-corrected chi connectivity index (χ0v) is 15.7. The Morgan fingerprint density at radius 1 is 0.926 bits per heavy atom. The second-order valence-corrected chi connectivity index (χ2v) is 8.61. The summed E-state index contributed by atoms with van der Waals surface area (Å²) in [5.74, 6) is 0.496. The molecule has 0 saturated carbocycles. The van der Waals surface area contributed by atoms with Crippen LogP contribution in [0.25, 0.3) is 10.9 Å². The molecule has 1 aliphatic heterocycles. The molecule has 1 aliphatic rings. The molecule has 4 rings (SSSR count). The molecule has 1 aromatic heterocycles. The second kappa shape index (κ2) is 6.77. The van der Waals surface area contributed by atoms with E-state index in [0.29, 0.717) is 5.52 Å².